The number of rotatable bonds is 9. The molecule has 4 nitrogen and oxygen atoms in total. The summed E-state index contributed by atoms with van der Waals surface area (Å²) >= 11 is 0. The quantitative estimate of drug-likeness (QED) is 0.523. The van der Waals surface area contributed by atoms with Gasteiger partial charge in [-0.25, -0.2) is 4.98 Å². The van der Waals surface area contributed by atoms with Crippen LogP contribution in [0.5, 0.6) is 5.75 Å². The van der Waals surface area contributed by atoms with Crippen molar-refractivity contribution in [3.05, 3.63) is 60.4 Å². The number of hydrogen-bond donors (Lipinski definition) is 1. The fourth-order valence-corrected chi connectivity index (χ4v) is 4.20. The van der Waals surface area contributed by atoms with Crippen LogP contribution in [0.25, 0.3) is 11.0 Å². The topological polar surface area (TPSA) is 39.1 Å². The maximum absolute atomic E-state index is 5.98. The second kappa shape index (κ2) is 9.74. The zero-order valence-corrected chi connectivity index (χ0v) is 16.6. The van der Waals surface area contributed by atoms with Crippen molar-refractivity contribution in [3.8, 4) is 5.75 Å². The van der Waals surface area contributed by atoms with Crippen LogP contribution in [0.3, 0.4) is 0 Å². The molecule has 0 radical (unpaired) electrons. The van der Waals surface area contributed by atoms with E-state index in [1.165, 1.54) is 57.1 Å². The van der Waals surface area contributed by atoms with Gasteiger partial charge in [0.1, 0.15) is 18.2 Å². The van der Waals surface area contributed by atoms with Gasteiger partial charge in [-0.3, -0.25) is 0 Å². The molecule has 1 unspecified atom stereocenters. The number of benzene rings is 2. The Kier molecular flexibility index (Phi) is 6.61. The van der Waals surface area contributed by atoms with Gasteiger partial charge < -0.3 is 14.6 Å². The summed E-state index contributed by atoms with van der Waals surface area (Å²) in [6.45, 7) is 3.94. The minimum Gasteiger partial charge on any atom is -0.486 e. The van der Waals surface area contributed by atoms with E-state index in [1.54, 1.807) is 0 Å². The van der Waals surface area contributed by atoms with Gasteiger partial charge in [-0.1, -0.05) is 43.2 Å². The summed E-state index contributed by atoms with van der Waals surface area (Å²) in [5, 5.41) is 3.53. The molecule has 1 N–H and O–H groups in total. The SMILES string of the molecule is c1ccc(OCc2nc3ccccc3n2CCCCCC2CCCNC2)cc1. The Morgan fingerprint density at radius 2 is 1.86 bits per heavy atom. The molecule has 2 heterocycles. The molecule has 1 aliphatic heterocycles. The van der Waals surface area contributed by atoms with Gasteiger partial charge in [0.2, 0.25) is 0 Å². The summed E-state index contributed by atoms with van der Waals surface area (Å²) in [4.78, 5) is 4.83. The molecule has 1 aliphatic rings. The van der Waals surface area contributed by atoms with E-state index in [-0.39, 0.29) is 0 Å². The summed E-state index contributed by atoms with van der Waals surface area (Å²) in [6, 6.07) is 18.4. The summed E-state index contributed by atoms with van der Waals surface area (Å²) in [5.74, 6) is 2.79. The Bertz CT molecular complexity index is 853. The van der Waals surface area contributed by atoms with Gasteiger partial charge in [0, 0.05) is 6.54 Å². The number of nitrogens with zero attached hydrogens (tertiary/aromatic N) is 2. The normalized spacial score (nSPS) is 17.1. The molecule has 4 rings (SSSR count). The Morgan fingerprint density at radius 3 is 2.71 bits per heavy atom. The maximum atomic E-state index is 5.98. The molecule has 0 aliphatic carbocycles. The summed E-state index contributed by atoms with van der Waals surface area (Å²) in [6.07, 6.45) is 7.91. The largest absolute Gasteiger partial charge is 0.486 e. The van der Waals surface area contributed by atoms with Crippen molar-refractivity contribution in [1.82, 2.24) is 14.9 Å². The fourth-order valence-electron chi connectivity index (χ4n) is 4.20. The average Bonchev–Trinajstić information content (AvgIpc) is 3.11. The van der Waals surface area contributed by atoms with Crippen molar-refractivity contribution in [3.63, 3.8) is 0 Å². The molecule has 3 aromatic rings. The van der Waals surface area contributed by atoms with Crippen LogP contribution < -0.4 is 10.1 Å². The molecule has 0 saturated carbocycles. The van der Waals surface area contributed by atoms with E-state index < -0.39 is 0 Å². The van der Waals surface area contributed by atoms with Gasteiger partial charge in [-0.2, -0.15) is 0 Å². The Balaban J connectivity index is 1.34. The van der Waals surface area contributed by atoms with E-state index in [1.807, 2.05) is 30.3 Å². The number of para-hydroxylation sites is 3. The number of ether oxygens (including phenoxy) is 1. The van der Waals surface area contributed by atoms with Crippen LogP contribution in [0.4, 0.5) is 0 Å². The van der Waals surface area contributed by atoms with Crippen LogP contribution in [0.2, 0.25) is 0 Å². The molecule has 28 heavy (non-hydrogen) atoms. The number of piperidine rings is 1. The van der Waals surface area contributed by atoms with Crippen molar-refractivity contribution in [2.75, 3.05) is 13.1 Å². The minimum atomic E-state index is 0.506. The van der Waals surface area contributed by atoms with Gasteiger partial charge in [0.15, 0.2) is 0 Å². The van der Waals surface area contributed by atoms with E-state index in [0.717, 1.165) is 29.6 Å². The van der Waals surface area contributed by atoms with Crippen molar-refractivity contribution in [2.45, 2.75) is 51.7 Å². The lowest BCUT2D eigenvalue weighted by Crippen LogP contribution is -2.29. The molecule has 148 valence electrons. The first kappa shape index (κ1) is 19.0. The van der Waals surface area contributed by atoms with Crippen molar-refractivity contribution < 1.29 is 4.74 Å². The number of aromatic nitrogens is 2. The highest BCUT2D eigenvalue weighted by atomic mass is 16.5. The zero-order valence-electron chi connectivity index (χ0n) is 16.6. The van der Waals surface area contributed by atoms with Crippen molar-refractivity contribution in [1.29, 1.82) is 0 Å². The smallest absolute Gasteiger partial charge is 0.147 e. The van der Waals surface area contributed by atoms with E-state index in [2.05, 4.69) is 34.1 Å². The molecule has 0 bridgehead atoms. The number of hydrogen-bond acceptors (Lipinski definition) is 3. The Hall–Kier alpha value is -2.33. The fraction of sp³-hybridized carbons (Fsp3) is 0.458. The van der Waals surface area contributed by atoms with Crippen LogP contribution in [-0.2, 0) is 13.2 Å². The van der Waals surface area contributed by atoms with Gasteiger partial charge in [0.25, 0.3) is 0 Å². The number of imidazole rings is 1. The molecule has 1 aromatic heterocycles. The highest BCUT2D eigenvalue weighted by Crippen LogP contribution is 2.21. The zero-order chi connectivity index (χ0) is 19.0. The molecule has 1 fully saturated rings. The standard InChI is InChI=1S/C24H31N3O/c1-4-12-21(13-5-1)28-19-24-26-22-14-6-7-15-23(22)27(24)17-8-2-3-10-20-11-9-16-25-18-20/h1,4-7,12-15,20,25H,2-3,8-11,16-19H2. The van der Waals surface area contributed by atoms with Gasteiger partial charge >= 0.3 is 0 Å². The summed E-state index contributed by atoms with van der Waals surface area (Å²) < 4.78 is 8.33. The van der Waals surface area contributed by atoms with E-state index in [9.17, 15) is 0 Å². The molecule has 0 spiro atoms. The monoisotopic (exact) mass is 377 g/mol. The van der Waals surface area contributed by atoms with E-state index >= 15 is 0 Å². The van der Waals surface area contributed by atoms with Crippen molar-refractivity contribution in [2.24, 2.45) is 5.92 Å². The lowest BCUT2D eigenvalue weighted by molar-refractivity contribution is 0.289. The Morgan fingerprint density at radius 1 is 1.00 bits per heavy atom. The van der Waals surface area contributed by atoms with Crippen LogP contribution in [-0.4, -0.2) is 22.6 Å². The molecular weight excluding hydrogens is 346 g/mol. The average molecular weight is 378 g/mol. The lowest BCUT2D eigenvalue weighted by Gasteiger charge is -2.22. The lowest BCUT2D eigenvalue weighted by atomic mass is 9.94. The highest BCUT2D eigenvalue weighted by Gasteiger charge is 2.13. The predicted molar refractivity (Wildman–Crippen MR) is 115 cm³/mol. The number of nitrogens with one attached hydrogen (secondary N) is 1. The second-order valence-corrected chi connectivity index (χ2v) is 7.83. The third kappa shape index (κ3) is 4.93. The summed E-state index contributed by atoms with van der Waals surface area (Å²) in [5.41, 5.74) is 2.27. The van der Waals surface area contributed by atoms with Gasteiger partial charge in [0.05, 0.1) is 11.0 Å². The summed E-state index contributed by atoms with van der Waals surface area (Å²) in [7, 11) is 0. The number of unbranched alkanes of at least 4 members (excludes halogenated alkanes) is 2. The molecule has 2 aromatic carbocycles. The van der Waals surface area contributed by atoms with E-state index in [0.29, 0.717) is 6.61 Å². The Labute approximate surface area is 167 Å². The van der Waals surface area contributed by atoms with Crippen LogP contribution >= 0.6 is 0 Å². The van der Waals surface area contributed by atoms with Gasteiger partial charge in [-0.05, 0) is 69.0 Å². The third-order valence-corrected chi connectivity index (χ3v) is 5.74. The highest BCUT2D eigenvalue weighted by molar-refractivity contribution is 5.75. The van der Waals surface area contributed by atoms with Crippen molar-refractivity contribution >= 4 is 11.0 Å². The number of aryl methyl sites for hydroxylation is 1. The predicted octanol–water partition coefficient (Wildman–Crippen LogP) is 5.18. The van der Waals surface area contributed by atoms with E-state index in [4.69, 9.17) is 9.72 Å². The first-order chi connectivity index (χ1) is 13.9. The first-order valence-electron chi connectivity index (χ1n) is 10.7. The minimum absolute atomic E-state index is 0.506. The molecule has 4 heteroatoms. The molecule has 1 saturated heterocycles. The van der Waals surface area contributed by atoms with Crippen LogP contribution in [0, 0.1) is 5.92 Å². The third-order valence-electron chi connectivity index (χ3n) is 5.74. The molecular formula is C24H31N3O. The second-order valence-electron chi connectivity index (χ2n) is 7.83. The molecule has 1 atom stereocenters. The number of fused-ring (bicyclic) bond motifs is 1. The van der Waals surface area contributed by atoms with Gasteiger partial charge in [-0.15, -0.1) is 0 Å². The maximum Gasteiger partial charge on any atom is 0.147 e. The van der Waals surface area contributed by atoms with Crippen LogP contribution in [0.15, 0.2) is 54.6 Å². The first-order valence-corrected chi connectivity index (χ1v) is 10.7. The van der Waals surface area contributed by atoms with Crippen LogP contribution in [0.1, 0.15) is 44.3 Å². The molecule has 0 amide bonds.